The Labute approximate surface area is 223 Å². The van der Waals surface area contributed by atoms with Gasteiger partial charge in [-0.15, -0.1) is 0 Å². The van der Waals surface area contributed by atoms with Gasteiger partial charge in [-0.1, -0.05) is 75.7 Å². The van der Waals surface area contributed by atoms with Gasteiger partial charge in [-0.25, -0.2) is 0 Å². The number of ether oxygens (including phenoxy) is 2. The van der Waals surface area contributed by atoms with Crippen LogP contribution in [0, 0.1) is 11.8 Å². The summed E-state index contributed by atoms with van der Waals surface area (Å²) in [6.07, 6.45) is -0.394. The van der Waals surface area contributed by atoms with Crippen molar-refractivity contribution < 1.29 is 29.0 Å². The first-order chi connectivity index (χ1) is 17.6. The van der Waals surface area contributed by atoms with Crippen molar-refractivity contribution in [2.24, 2.45) is 11.8 Å². The predicted molar refractivity (Wildman–Crippen MR) is 143 cm³/mol. The Balaban J connectivity index is 1.99. The van der Waals surface area contributed by atoms with Gasteiger partial charge in [0.25, 0.3) is 0 Å². The molecular formula is C28H37ClN2O6. The Kier molecular flexibility index (Phi) is 12.6. The molecule has 3 N–H and O–H groups in total. The van der Waals surface area contributed by atoms with Crippen LogP contribution in [0.1, 0.15) is 57.8 Å². The van der Waals surface area contributed by atoms with E-state index in [-0.39, 0.29) is 53.7 Å². The van der Waals surface area contributed by atoms with Crippen LogP contribution in [0.2, 0.25) is 5.02 Å². The van der Waals surface area contributed by atoms with Crippen LogP contribution < -0.4 is 20.1 Å². The van der Waals surface area contributed by atoms with Gasteiger partial charge in [-0.3, -0.25) is 14.4 Å². The van der Waals surface area contributed by atoms with Crippen LogP contribution in [-0.2, 0) is 20.8 Å². The van der Waals surface area contributed by atoms with E-state index in [9.17, 15) is 19.5 Å². The van der Waals surface area contributed by atoms with E-state index in [1.54, 1.807) is 0 Å². The van der Waals surface area contributed by atoms with E-state index in [2.05, 4.69) is 10.6 Å². The van der Waals surface area contributed by atoms with Crippen molar-refractivity contribution in [3.05, 3.63) is 58.6 Å². The lowest BCUT2D eigenvalue weighted by atomic mass is 10.1. The molecule has 1 atom stereocenters. The zero-order valence-corrected chi connectivity index (χ0v) is 22.6. The summed E-state index contributed by atoms with van der Waals surface area (Å²) in [6.45, 7) is 8.48. The molecule has 0 aromatic heterocycles. The molecular weight excluding hydrogens is 496 g/mol. The van der Waals surface area contributed by atoms with Crippen molar-refractivity contribution in [3.8, 4) is 11.5 Å². The SMILES string of the molecule is CC(C)CC(=O)Oc1ccc(C(O)CNCCNC(=O)Cc2ccccc2)c(Cl)c1OC(=O)CC(C)C. The minimum atomic E-state index is -1.03. The number of halogens is 1. The van der Waals surface area contributed by atoms with Gasteiger partial charge in [-0.05, 0) is 23.5 Å². The summed E-state index contributed by atoms with van der Waals surface area (Å²) in [5, 5.41) is 16.6. The second-order valence-electron chi connectivity index (χ2n) is 9.67. The molecule has 0 radical (unpaired) electrons. The quantitative estimate of drug-likeness (QED) is 0.189. The van der Waals surface area contributed by atoms with E-state index < -0.39 is 18.0 Å². The number of nitrogens with one attached hydrogen (secondary N) is 2. The van der Waals surface area contributed by atoms with Crippen molar-refractivity contribution in [1.82, 2.24) is 10.6 Å². The predicted octanol–water partition coefficient (Wildman–Crippen LogP) is 4.22. The Morgan fingerprint density at radius 2 is 1.51 bits per heavy atom. The first kappa shape index (κ1) is 30.3. The summed E-state index contributed by atoms with van der Waals surface area (Å²) in [4.78, 5) is 36.6. The van der Waals surface area contributed by atoms with Gasteiger partial charge < -0.3 is 25.2 Å². The summed E-state index contributed by atoms with van der Waals surface area (Å²) >= 11 is 6.52. The highest BCUT2D eigenvalue weighted by atomic mass is 35.5. The fourth-order valence-electron chi connectivity index (χ4n) is 3.46. The molecule has 0 aliphatic heterocycles. The third-order valence-electron chi connectivity index (χ3n) is 5.21. The smallest absolute Gasteiger partial charge is 0.311 e. The summed E-state index contributed by atoms with van der Waals surface area (Å²) in [7, 11) is 0. The summed E-state index contributed by atoms with van der Waals surface area (Å²) in [5.74, 6) is -1.00. The first-order valence-electron chi connectivity index (χ1n) is 12.5. The van der Waals surface area contributed by atoms with Gasteiger partial charge in [0.05, 0.1) is 17.5 Å². The van der Waals surface area contributed by atoms with Crippen LogP contribution in [0.5, 0.6) is 11.5 Å². The normalized spacial score (nSPS) is 11.9. The third-order valence-corrected chi connectivity index (χ3v) is 5.60. The van der Waals surface area contributed by atoms with Crippen molar-refractivity contribution in [2.45, 2.75) is 53.1 Å². The van der Waals surface area contributed by atoms with Gasteiger partial charge in [0.2, 0.25) is 5.91 Å². The van der Waals surface area contributed by atoms with Gasteiger partial charge in [0.1, 0.15) is 0 Å². The maximum atomic E-state index is 12.4. The van der Waals surface area contributed by atoms with Crippen LogP contribution in [-0.4, -0.2) is 42.6 Å². The molecule has 9 heteroatoms. The Bertz CT molecular complexity index is 1040. The molecule has 0 aliphatic rings. The first-order valence-corrected chi connectivity index (χ1v) is 12.9. The number of esters is 2. The highest BCUT2D eigenvalue weighted by Gasteiger charge is 2.23. The van der Waals surface area contributed by atoms with E-state index in [1.807, 2.05) is 58.0 Å². The van der Waals surface area contributed by atoms with Gasteiger partial charge in [0, 0.05) is 38.0 Å². The van der Waals surface area contributed by atoms with E-state index in [1.165, 1.54) is 12.1 Å². The molecule has 0 saturated heterocycles. The van der Waals surface area contributed by atoms with Crippen LogP contribution >= 0.6 is 11.6 Å². The molecule has 2 aromatic rings. The average molecular weight is 533 g/mol. The maximum absolute atomic E-state index is 12.4. The average Bonchev–Trinajstić information content (AvgIpc) is 2.80. The van der Waals surface area contributed by atoms with Crippen LogP contribution in [0.25, 0.3) is 0 Å². The number of aliphatic hydroxyl groups excluding tert-OH is 1. The highest BCUT2D eigenvalue weighted by Crippen LogP contribution is 2.40. The molecule has 0 heterocycles. The lowest BCUT2D eigenvalue weighted by Gasteiger charge is -2.19. The molecule has 1 amide bonds. The molecule has 2 rings (SSSR count). The number of hydrogen-bond donors (Lipinski definition) is 3. The minimum absolute atomic E-state index is 0.00239. The fraction of sp³-hybridized carbons (Fsp3) is 0.464. The monoisotopic (exact) mass is 532 g/mol. The van der Waals surface area contributed by atoms with Crippen molar-refractivity contribution in [3.63, 3.8) is 0 Å². The molecule has 37 heavy (non-hydrogen) atoms. The number of hydrogen-bond acceptors (Lipinski definition) is 7. The van der Waals surface area contributed by atoms with Crippen molar-refractivity contribution in [1.29, 1.82) is 0 Å². The fourth-order valence-corrected chi connectivity index (χ4v) is 3.78. The molecule has 202 valence electrons. The zero-order chi connectivity index (χ0) is 27.4. The van der Waals surface area contributed by atoms with Crippen LogP contribution in [0.4, 0.5) is 0 Å². The summed E-state index contributed by atoms with van der Waals surface area (Å²) in [6, 6.07) is 12.4. The molecule has 0 aliphatic carbocycles. The van der Waals surface area contributed by atoms with E-state index >= 15 is 0 Å². The summed E-state index contributed by atoms with van der Waals surface area (Å²) < 4.78 is 10.9. The van der Waals surface area contributed by atoms with Gasteiger partial charge in [-0.2, -0.15) is 0 Å². The largest absolute Gasteiger partial charge is 0.422 e. The Hall–Kier alpha value is -2.94. The minimum Gasteiger partial charge on any atom is -0.422 e. The molecule has 2 aromatic carbocycles. The van der Waals surface area contributed by atoms with Crippen LogP contribution in [0.3, 0.4) is 0 Å². The maximum Gasteiger partial charge on any atom is 0.311 e. The second kappa shape index (κ2) is 15.3. The Morgan fingerprint density at radius 3 is 2.14 bits per heavy atom. The standard InChI is InChI=1S/C28H37ClN2O6/c1-18(2)14-25(34)36-23-11-10-21(27(29)28(23)37-26(35)15-19(3)4)22(32)17-30-12-13-31-24(33)16-20-8-6-5-7-9-20/h5-11,18-19,22,30,32H,12-17H2,1-4H3,(H,31,33). The molecule has 0 fully saturated rings. The molecule has 0 bridgehead atoms. The number of amides is 1. The number of carbonyl (C=O) groups is 3. The number of rotatable bonds is 14. The van der Waals surface area contributed by atoms with Gasteiger partial charge >= 0.3 is 11.9 Å². The summed E-state index contributed by atoms with van der Waals surface area (Å²) in [5.41, 5.74) is 1.25. The number of benzene rings is 2. The van der Waals surface area contributed by atoms with Gasteiger partial charge in [0.15, 0.2) is 11.5 Å². The molecule has 8 nitrogen and oxygen atoms in total. The second-order valence-corrected chi connectivity index (χ2v) is 10.1. The number of aliphatic hydroxyl groups is 1. The Morgan fingerprint density at radius 1 is 0.892 bits per heavy atom. The molecule has 0 saturated carbocycles. The molecule has 1 unspecified atom stereocenters. The zero-order valence-electron chi connectivity index (χ0n) is 21.9. The lowest BCUT2D eigenvalue weighted by Crippen LogP contribution is -2.34. The number of carbonyl (C=O) groups excluding carboxylic acids is 3. The van der Waals surface area contributed by atoms with E-state index in [4.69, 9.17) is 21.1 Å². The highest BCUT2D eigenvalue weighted by molar-refractivity contribution is 6.33. The molecule has 0 spiro atoms. The topological polar surface area (TPSA) is 114 Å². The lowest BCUT2D eigenvalue weighted by molar-refractivity contribution is -0.138. The van der Waals surface area contributed by atoms with Crippen LogP contribution in [0.15, 0.2) is 42.5 Å². The van der Waals surface area contributed by atoms with E-state index in [0.717, 1.165) is 5.56 Å². The van der Waals surface area contributed by atoms with E-state index in [0.29, 0.717) is 25.1 Å². The van der Waals surface area contributed by atoms with Crippen molar-refractivity contribution >= 4 is 29.4 Å². The van der Waals surface area contributed by atoms with Crippen molar-refractivity contribution in [2.75, 3.05) is 19.6 Å². The third kappa shape index (κ3) is 10.9.